The van der Waals surface area contributed by atoms with E-state index in [9.17, 15) is 4.79 Å². The summed E-state index contributed by atoms with van der Waals surface area (Å²) >= 11 is 8.32. The van der Waals surface area contributed by atoms with Crippen molar-refractivity contribution in [3.05, 3.63) is 16.1 Å². The Morgan fingerprint density at radius 3 is 2.83 bits per heavy atom. The summed E-state index contributed by atoms with van der Waals surface area (Å²) in [5.74, 6) is 1.46. The summed E-state index contributed by atoms with van der Waals surface area (Å²) in [7, 11) is 1.64. The quantitative estimate of drug-likeness (QED) is 0.822. The first-order valence-corrected chi connectivity index (χ1v) is 9.65. The van der Waals surface area contributed by atoms with E-state index in [0.29, 0.717) is 12.3 Å². The third kappa shape index (κ3) is 3.03. The minimum atomic E-state index is -0.0667. The van der Waals surface area contributed by atoms with Crippen LogP contribution in [0, 0.1) is 17.3 Å². The highest BCUT2D eigenvalue weighted by Crippen LogP contribution is 2.63. The molecule has 0 aromatic carbocycles. The van der Waals surface area contributed by atoms with Crippen LogP contribution >= 0.6 is 22.9 Å². The highest BCUT2D eigenvalue weighted by atomic mass is 35.5. The number of thiazole rings is 1. The Balaban J connectivity index is 1.41. The summed E-state index contributed by atoms with van der Waals surface area (Å²) in [6.45, 7) is 1.20. The number of nitrogens with zero attached hydrogens (tertiary/aromatic N) is 1. The van der Waals surface area contributed by atoms with Gasteiger partial charge in [0.2, 0.25) is 0 Å². The highest BCUT2D eigenvalue weighted by Gasteiger charge is 2.56. The van der Waals surface area contributed by atoms with E-state index in [1.807, 2.05) is 5.38 Å². The van der Waals surface area contributed by atoms with Gasteiger partial charge in [0, 0.05) is 23.9 Å². The smallest absolute Gasteiger partial charge is 0.270 e. The van der Waals surface area contributed by atoms with Crippen molar-refractivity contribution in [1.29, 1.82) is 0 Å². The van der Waals surface area contributed by atoms with Crippen molar-refractivity contribution < 1.29 is 9.53 Å². The van der Waals surface area contributed by atoms with Gasteiger partial charge in [0.25, 0.3) is 5.91 Å². The van der Waals surface area contributed by atoms with Gasteiger partial charge in [-0.05, 0) is 55.8 Å². The van der Waals surface area contributed by atoms with Crippen LogP contribution in [-0.2, 0) is 11.3 Å². The van der Waals surface area contributed by atoms with Gasteiger partial charge < -0.3 is 10.1 Å². The number of hydrogen-bond acceptors (Lipinski definition) is 4. The predicted octanol–water partition coefficient (Wildman–Crippen LogP) is 3.60. The molecule has 4 aliphatic carbocycles. The summed E-state index contributed by atoms with van der Waals surface area (Å²) in [6.07, 6.45) is 7.20. The van der Waals surface area contributed by atoms with Crippen molar-refractivity contribution in [1.82, 2.24) is 10.3 Å². The van der Waals surface area contributed by atoms with E-state index >= 15 is 0 Å². The second-order valence-electron chi connectivity index (χ2n) is 7.85. The van der Waals surface area contributed by atoms with Crippen molar-refractivity contribution in [2.45, 2.75) is 50.0 Å². The molecule has 0 saturated heterocycles. The third-order valence-electron chi connectivity index (χ3n) is 5.79. The number of amides is 1. The molecule has 2 unspecified atom stereocenters. The minimum absolute atomic E-state index is 0.00107. The Kier molecular flexibility index (Phi) is 3.94. The van der Waals surface area contributed by atoms with Crippen molar-refractivity contribution in [2.24, 2.45) is 17.3 Å². The summed E-state index contributed by atoms with van der Waals surface area (Å²) in [6, 6.07) is 0. The first-order chi connectivity index (χ1) is 11.0. The van der Waals surface area contributed by atoms with E-state index in [0.717, 1.165) is 29.8 Å². The summed E-state index contributed by atoms with van der Waals surface area (Å²) in [5, 5.41) is 5.79. The van der Waals surface area contributed by atoms with Crippen LogP contribution in [0.3, 0.4) is 0 Å². The van der Waals surface area contributed by atoms with Gasteiger partial charge in [-0.15, -0.1) is 22.9 Å². The van der Waals surface area contributed by atoms with Gasteiger partial charge in [-0.2, -0.15) is 0 Å². The number of carbonyl (C=O) groups excluding carboxylic acids is 1. The lowest BCUT2D eigenvalue weighted by Gasteiger charge is -2.60. The van der Waals surface area contributed by atoms with E-state index in [4.69, 9.17) is 16.3 Å². The fourth-order valence-corrected chi connectivity index (χ4v) is 6.97. The lowest BCUT2D eigenvalue weighted by atomic mass is 9.49. The molecule has 1 amide bonds. The first-order valence-electron chi connectivity index (χ1n) is 8.40. The van der Waals surface area contributed by atoms with Crippen LogP contribution in [0.25, 0.3) is 0 Å². The zero-order chi connectivity index (χ0) is 16.1. The van der Waals surface area contributed by atoms with E-state index in [1.165, 1.54) is 43.4 Å². The molecule has 0 radical (unpaired) electrons. The molecule has 23 heavy (non-hydrogen) atoms. The molecule has 4 bridgehead atoms. The Morgan fingerprint density at radius 1 is 1.43 bits per heavy atom. The molecule has 4 aliphatic rings. The fourth-order valence-electron chi connectivity index (χ4n) is 5.51. The standard InChI is InChI=1S/C17H23ClN2O2S/c1-22-7-14-20-13(8-23-14)15(21)19-10-16-3-11-2-12(4-16)6-17(18,5-11)9-16/h8,11-12H,2-7,9-10H2,1H3,(H,19,21). The zero-order valence-electron chi connectivity index (χ0n) is 13.4. The van der Waals surface area contributed by atoms with Crippen LogP contribution < -0.4 is 5.32 Å². The Labute approximate surface area is 146 Å². The SMILES string of the molecule is COCc1nc(C(=O)NCC23CC4CC(CC(Cl)(C4)C2)C3)cs1. The molecule has 5 rings (SSSR count). The lowest BCUT2D eigenvalue weighted by molar-refractivity contribution is -0.0379. The molecule has 1 heterocycles. The van der Waals surface area contributed by atoms with E-state index in [1.54, 1.807) is 7.11 Å². The Bertz CT molecular complexity index is 603. The molecule has 0 spiro atoms. The molecule has 4 nitrogen and oxygen atoms in total. The zero-order valence-corrected chi connectivity index (χ0v) is 15.0. The molecule has 1 aromatic rings. The van der Waals surface area contributed by atoms with Crippen LogP contribution in [-0.4, -0.2) is 29.4 Å². The topological polar surface area (TPSA) is 51.2 Å². The number of carbonyl (C=O) groups is 1. The lowest BCUT2D eigenvalue weighted by Crippen LogP contribution is -2.56. The van der Waals surface area contributed by atoms with Gasteiger partial charge in [-0.3, -0.25) is 4.79 Å². The van der Waals surface area contributed by atoms with Crippen molar-refractivity contribution in [3.63, 3.8) is 0 Å². The third-order valence-corrected chi connectivity index (χ3v) is 7.05. The molecule has 6 heteroatoms. The monoisotopic (exact) mass is 354 g/mol. The maximum absolute atomic E-state index is 12.4. The molecule has 126 valence electrons. The molecule has 1 N–H and O–H groups in total. The van der Waals surface area contributed by atoms with E-state index < -0.39 is 0 Å². The van der Waals surface area contributed by atoms with Crippen molar-refractivity contribution in [3.8, 4) is 0 Å². The highest BCUT2D eigenvalue weighted by molar-refractivity contribution is 7.09. The van der Waals surface area contributed by atoms with Crippen molar-refractivity contribution in [2.75, 3.05) is 13.7 Å². The molecule has 1 aromatic heterocycles. The number of ether oxygens (including phenoxy) is 1. The van der Waals surface area contributed by atoms with Gasteiger partial charge in [0.15, 0.2) is 0 Å². The second-order valence-corrected chi connectivity index (χ2v) is 9.60. The fraction of sp³-hybridized carbons (Fsp3) is 0.765. The van der Waals surface area contributed by atoms with Gasteiger partial charge in [-0.1, -0.05) is 0 Å². The van der Waals surface area contributed by atoms with Crippen LogP contribution in [0.4, 0.5) is 0 Å². The normalized spacial score (nSPS) is 38.0. The van der Waals surface area contributed by atoms with Gasteiger partial charge in [-0.25, -0.2) is 4.98 Å². The van der Waals surface area contributed by atoms with E-state index in [-0.39, 0.29) is 16.2 Å². The minimum Gasteiger partial charge on any atom is -0.378 e. The van der Waals surface area contributed by atoms with Crippen LogP contribution in [0.15, 0.2) is 5.38 Å². The van der Waals surface area contributed by atoms with Crippen molar-refractivity contribution >= 4 is 28.8 Å². The maximum atomic E-state index is 12.4. The second kappa shape index (κ2) is 5.71. The number of halogens is 1. The average Bonchev–Trinajstić information content (AvgIpc) is 2.91. The molecule has 4 fully saturated rings. The summed E-state index contributed by atoms with van der Waals surface area (Å²) in [5.41, 5.74) is 0.722. The number of rotatable bonds is 5. The summed E-state index contributed by atoms with van der Waals surface area (Å²) < 4.78 is 5.06. The van der Waals surface area contributed by atoms with Crippen LogP contribution in [0.2, 0.25) is 0 Å². The number of nitrogens with one attached hydrogen (secondary N) is 1. The van der Waals surface area contributed by atoms with Gasteiger partial charge in [0.1, 0.15) is 10.7 Å². The molecule has 0 aliphatic heterocycles. The molecular formula is C17H23ClN2O2S. The largest absolute Gasteiger partial charge is 0.378 e. The molecular weight excluding hydrogens is 332 g/mol. The number of alkyl halides is 1. The summed E-state index contributed by atoms with van der Waals surface area (Å²) in [4.78, 5) is 16.7. The maximum Gasteiger partial charge on any atom is 0.270 e. The first kappa shape index (κ1) is 15.9. The molecule has 4 saturated carbocycles. The number of methoxy groups -OCH3 is 1. The van der Waals surface area contributed by atoms with E-state index in [2.05, 4.69) is 10.3 Å². The predicted molar refractivity (Wildman–Crippen MR) is 90.9 cm³/mol. The number of hydrogen-bond donors (Lipinski definition) is 1. The average molecular weight is 355 g/mol. The van der Waals surface area contributed by atoms with Gasteiger partial charge in [0.05, 0.1) is 6.61 Å². The van der Waals surface area contributed by atoms with Crippen LogP contribution in [0.1, 0.15) is 54.0 Å². The molecule has 2 atom stereocenters. The Morgan fingerprint density at radius 2 is 2.17 bits per heavy atom. The van der Waals surface area contributed by atoms with Crippen LogP contribution in [0.5, 0.6) is 0 Å². The Hall–Kier alpha value is -0.650. The number of aromatic nitrogens is 1. The van der Waals surface area contributed by atoms with Gasteiger partial charge >= 0.3 is 0 Å².